The van der Waals surface area contributed by atoms with Crippen molar-refractivity contribution in [2.45, 2.75) is 19.4 Å². The van der Waals surface area contributed by atoms with Crippen molar-refractivity contribution in [1.29, 1.82) is 0 Å². The summed E-state index contributed by atoms with van der Waals surface area (Å²) in [5.74, 6) is -3.26. The smallest absolute Gasteiger partial charge is 0.303 e. The highest BCUT2D eigenvalue weighted by Crippen LogP contribution is 2.16. The zero-order valence-corrected chi connectivity index (χ0v) is 14.5. The molecule has 1 heterocycles. The Kier molecular flexibility index (Phi) is 6.61. The number of carbonyl (C=O) groups excluding carboxylic acids is 2. The van der Waals surface area contributed by atoms with Crippen LogP contribution < -0.4 is 16.2 Å². The highest BCUT2D eigenvalue weighted by molar-refractivity contribution is 6.31. The number of halogens is 2. The number of amides is 2. The van der Waals surface area contributed by atoms with Gasteiger partial charge in [0.05, 0.1) is 6.42 Å². The minimum absolute atomic E-state index is 0.0366. The van der Waals surface area contributed by atoms with E-state index in [4.69, 9.17) is 16.7 Å². The van der Waals surface area contributed by atoms with E-state index in [-0.39, 0.29) is 35.9 Å². The summed E-state index contributed by atoms with van der Waals surface area (Å²) in [6, 6.07) is 3.68. The van der Waals surface area contributed by atoms with Crippen molar-refractivity contribution in [1.82, 2.24) is 15.3 Å². The second-order valence-electron chi connectivity index (χ2n) is 5.33. The summed E-state index contributed by atoms with van der Waals surface area (Å²) in [6.45, 7) is -0.0366. The number of carbonyl (C=O) groups is 3. The second-order valence-corrected chi connectivity index (χ2v) is 5.74. The molecule has 1 aromatic heterocycles. The quantitative estimate of drug-likeness (QED) is 0.555. The molecular formula is C16H14ClFN4O5. The highest BCUT2D eigenvalue weighted by atomic mass is 35.5. The van der Waals surface area contributed by atoms with Crippen molar-refractivity contribution in [2.75, 3.05) is 5.32 Å². The molecule has 2 amide bonds. The molecule has 2 aromatic rings. The molecule has 0 unspecified atom stereocenters. The number of hydrogen-bond acceptors (Lipinski definition) is 5. The van der Waals surface area contributed by atoms with Gasteiger partial charge in [0.1, 0.15) is 11.4 Å². The minimum Gasteiger partial charge on any atom is -0.481 e. The number of nitrogens with one attached hydrogen (secondary N) is 3. The van der Waals surface area contributed by atoms with Crippen LogP contribution in [0.2, 0.25) is 5.02 Å². The Hall–Kier alpha value is -3.27. The number of H-pyrrole nitrogens is 1. The van der Waals surface area contributed by atoms with Crippen LogP contribution >= 0.6 is 11.6 Å². The van der Waals surface area contributed by atoms with Crippen LogP contribution in [0.3, 0.4) is 0 Å². The average Bonchev–Trinajstić information content (AvgIpc) is 2.59. The highest BCUT2D eigenvalue weighted by Gasteiger charge is 2.14. The van der Waals surface area contributed by atoms with E-state index in [9.17, 15) is 23.6 Å². The van der Waals surface area contributed by atoms with Gasteiger partial charge in [-0.05, 0) is 17.7 Å². The summed E-state index contributed by atoms with van der Waals surface area (Å²) in [4.78, 5) is 51.9. The van der Waals surface area contributed by atoms with Crippen LogP contribution in [0.4, 0.5) is 10.3 Å². The lowest BCUT2D eigenvalue weighted by molar-refractivity contribution is -0.138. The van der Waals surface area contributed by atoms with E-state index in [2.05, 4.69) is 20.6 Å². The van der Waals surface area contributed by atoms with Gasteiger partial charge in [-0.3, -0.25) is 29.5 Å². The second kappa shape index (κ2) is 8.90. The number of aliphatic carboxylic acids is 1. The molecule has 2 rings (SSSR count). The largest absolute Gasteiger partial charge is 0.481 e. The number of rotatable bonds is 7. The lowest BCUT2D eigenvalue weighted by atomic mass is 10.2. The fourth-order valence-electron chi connectivity index (χ4n) is 1.97. The third-order valence-electron chi connectivity index (χ3n) is 3.32. The first kappa shape index (κ1) is 20.0. The van der Waals surface area contributed by atoms with Crippen molar-refractivity contribution in [3.05, 3.63) is 56.7 Å². The fraction of sp³-hybridized carbons (Fsp3) is 0.188. The van der Waals surface area contributed by atoms with Gasteiger partial charge >= 0.3 is 5.97 Å². The SMILES string of the molecule is O=C(O)CCC(=O)Nc1ncc(C(=O)NCc2ccc(F)cc2Cl)c(=O)[nH]1. The van der Waals surface area contributed by atoms with Gasteiger partial charge in [-0.1, -0.05) is 17.7 Å². The third-order valence-corrected chi connectivity index (χ3v) is 3.67. The van der Waals surface area contributed by atoms with E-state index in [0.717, 1.165) is 12.3 Å². The number of anilines is 1. The third kappa shape index (κ3) is 5.89. The van der Waals surface area contributed by atoms with E-state index >= 15 is 0 Å². The lowest BCUT2D eigenvalue weighted by Crippen LogP contribution is -2.30. The Balaban J connectivity index is 1.99. The zero-order valence-electron chi connectivity index (χ0n) is 13.7. The monoisotopic (exact) mass is 396 g/mol. The number of carboxylic acids is 1. The number of aromatic amines is 1. The molecule has 0 radical (unpaired) electrons. The summed E-state index contributed by atoms with van der Waals surface area (Å²) in [5, 5.41) is 13.3. The molecule has 9 nitrogen and oxygen atoms in total. The van der Waals surface area contributed by atoms with Crippen LogP contribution in [0.1, 0.15) is 28.8 Å². The average molecular weight is 397 g/mol. The predicted octanol–water partition coefficient (Wildman–Crippen LogP) is 1.30. The molecule has 0 aliphatic rings. The van der Waals surface area contributed by atoms with Crippen molar-refractivity contribution < 1.29 is 23.9 Å². The predicted molar refractivity (Wildman–Crippen MR) is 92.9 cm³/mol. The van der Waals surface area contributed by atoms with Gasteiger partial charge in [0.25, 0.3) is 11.5 Å². The first-order valence-corrected chi connectivity index (χ1v) is 7.97. The number of hydrogen-bond donors (Lipinski definition) is 4. The molecule has 142 valence electrons. The van der Waals surface area contributed by atoms with Gasteiger partial charge in [-0.2, -0.15) is 0 Å². The Bertz CT molecular complexity index is 947. The Morgan fingerprint density at radius 1 is 1.26 bits per heavy atom. The van der Waals surface area contributed by atoms with Crippen molar-refractivity contribution in [3.63, 3.8) is 0 Å². The van der Waals surface area contributed by atoms with Crippen molar-refractivity contribution >= 4 is 35.3 Å². The molecule has 0 fully saturated rings. The summed E-state index contributed by atoms with van der Waals surface area (Å²) in [5.41, 5.74) is -0.656. The van der Waals surface area contributed by atoms with Gasteiger partial charge in [0.15, 0.2) is 0 Å². The number of carboxylic acid groups (broad SMARTS) is 1. The molecule has 11 heteroatoms. The zero-order chi connectivity index (χ0) is 20.0. The Morgan fingerprint density at radius 2 is 2.00 bits per heavy atom. The van der Waals surface area contributed by atoms with Gasteiger partial charge in [0.2, 0.25) is 11.9 Å². The maximum atomic E-state index is 13.0. The molecule has 0 saturated heterocycles. The van der Waals surface area contributed by atoms with Gasteiger partial charge in [-0.15, -0.1) is 0 Å². The molecule has 0 bridgehead atoms. The topological polar surface area (TPSA) is 141 Å². The molecule has 0 saturated carbocycles. The molecule has 1 aromatic carbocycles. The molecule has 4 N–H and O–H groups in total. The summed E-state index contributed by atoms with van der Waals surface area (Å²) in [6.07, 6.45) is 0.301. The number of nitrogens with zero attached hydrogens (tertiary/aromatic N) is 1. The Morgan fingerprint density at radius 3 is 2.63 bits per heavy atom. The van der Waals surface area contributed by atoms with Gasteiger partial charge < -0.3 is 10.4 Å². The molecule has 27 heavy (non-hydrogen) atoms. The van der Waals surface area contributed by atoms with E-state index in [1.165, 1.54) is 12.1 Å². The number of aromatic nitrogens is 2. The standard InChI is InChI=1S/C16H14ClFN4O5/c17-11-5-9(18)2-1-8(11)6-19-14(26)10-7-20-16(22-15(10)27)21-12(23)3-4-13(24)25/h1-2,5,7H,3-4,6H2,(H,19,26)(H,24,25)(H2,20,21,22,23,27). The van der Waals surface area contributed by atoms with Gasteiger partial charge in [0, 0.05) is 24.2 Å². The fourth-order valence-corrected chi connectivity index (χ4v) is 2.20. The lowest BCUT2D eigenvalue weighted by Gasteiger charge is -2.07. The maximum Gasteiger partial charge on any atom is 0.303 e. The molecular weight excluding hydrogens is 383 g/mol. The van der Waals surface area contributed by atoms with Gasteiger partial charge in [-0.25, -0.2) is 9.37 Å². The molecule has 0 aliphatic carbocycles. The Labute approximate surface area is 156 Å². The van der Waals surface area contributed by atoms with Crippen LogP contribution in [0, 0.1) is 5.82 Å². The summed E-state index contributed by atoms with van der Waals surface area (Å²) >= 11 is 5.86. The summed E-state index contributed by atoms with van der Waals surface area (Å²) in [7, 11) is 0. The summed E-state index contributed by atoms with van der Waals surface area (Å²) < 4.78 is 13.0. The molecule has 0 atom stereocenters. The molecule has 0 aliphatic heterocycles. The van der Waals surface area contributed by atoms with Crippen molar-refractivity contribution in [2.24, 2.45) is 0 Å². The van der Waals surface area contributed by atoms with E-state index in [1.54, 1.807) is 0 Å². The minimum atomic E-state index is -1.14. The first-order chi connectivity index (χ1) is 12.8. The van der Waals surface area contributed by atoms with E-state index < -0.39 is 29.2 Å². The van der Waals surface area contributed by atoms with E-state index in [1.807, 2.05) is 0 Å². The van der Waals surface area contributed by atoms with Crippen LogP contribution in [-0.2, 0) is 16.1 Å². The normalized spacial score (nSPS) is 10.3. The van der Waals surface area contributed by atoms with Crippen LogP contribution in [0.15, 0.2) is 29.2 Å². The number of benzene rings is 1. The van der Waals surface area contributed by atoms with E-state index in [0.29, 0.717) is 5.56 Å². The van der Waals surface area contributed by atoms with Crippen molar-refractivity contribution in [3.8, 4) is 0 Å². The van der Waals surface area contributed by atoms with Crippen LogP contribution in [0.5, 0.6) is 0 Å². The van der Waals surface area contributed by atoms with Crippen LogP contribution in [-0.4, -0.2) is 32.9 Å². The maximum absolute atomic E-state index is 13.0. The first-order valence-electron chi connectivity index (χ1n) is 7.59. The van der Waals surface area contributed by atoms with Crippen LogP contribution in [0.25, 0.3) is 0 Å². The molecule has 0 spiro atoms.